The molecule has 1 aromatic heterocycles. The summed E-state index contributed by atoms with van der Waals surface area (Å²) in [6.45, 7) is 0.886. The highest BCUT2D eigenvalue weighted by Crippen LogP contribution is 2.30. The zero-order valence-corrected chi connectivity index (χ0v) is 11.4. The van der Waals surface area contributed by atoms with Crippen molar-refractivity contribution < 1.29 is 9.90 Å². The third-order valence-corrected chi connectivity index (χ3v) is 4.41. The van der Waals surface area contributed by atoms with E-state index in [-0.39, 0.29) is 12.5 Å². The molecule has 1 aromatic carbocycles. The standard InChI is InChI=1S/C16H20N2O2/c19-10-12-5-3-4-11(12)8-18-16(20)14-9-17-15-7-2-1-6-13(14)15/h1-2,6-7,9,11-12,17,19H,3-5,8,10H2,(H,18,20). The molecule has 20 heavy (non-hydrogen) atoms. The summed E-state index contributed by atoms with van der Waals surface area (Å²) in [5.41, 5.74) is 1.67. The molecule has 1 aliphatic rings. The lowest BCUT2D eigenvalue weighted by Gasteiger charge is -2.17. The van der Waals surface area contributed by atoms with Crippen LogP contribution in [0.5, 0.6) is 0 Å². The molecule has 2 unspecified atom stereocenters. The quantitative estimate of drug-likeness (QED) is 0.799. The van der Waals surface area contributed by atoms with Gasteiger partial charge in [0, 0.05) is 30.3 Å². The summed E-state index contributed by atoms with van der Waals surface area (Å²) in [5.74, 6) is 0.721. The lowest BCUT2D eigenvalue weighted by molar-refractivity contribution is 0.0939. The van der Waals surface area contributed by atoms with Crippen molar-refractivity contribution in [3.63, 3.8) is 0 Å². The van der Waals surface area contributed by atoms with E-state index >= 15 is 0 Å². The monoisotopic (exact) mass is 272 g/mol. The van der Waals surface area contributed by atoms with Gasteiger partial charge in [-0.25, -0.2) is 0 Å². The molecule has 0 aliphatic heterocycles. The first kappa shape index (κ1) is 13.2. The Labute approximate surface area is 118 Å². The Morgan fingerprint density at radius 1 is 1.30 bits per heavy atom. The van der Waals surface area contributed by atoms with E-state index in [0.717, 1.165) is 30.2 Å². The second-order valence-corrected chi connectivity index (χ2v) is 5.59. The Kier molecular flexibility index (Phi) is 3.74. The Bertz CT molecular complexity index is 605. The van der Waals surface area contributed by atoms with E-state index in [9.17, 15) is 9.90 Å². The number of aliphatic hydroxyl groups excluding tert-OH is 1. The molecule has 106 valence electrons. The summed E-state index contributed by atoms with van der Waals surface area (Å²) in [5, 5.41) is 13.3. The Morgan fingerprint density at radius 2 is 2.10 bits per heavy atom. The van der Waals surface area contributed by atoms with E-state index in [4.69, 9.17) is 0 Å². The van der Waals surface area contributed by atoms with Gasteiger partial charge in [-0.2, -0.15) is 0 Å². The zero-order valence-electron chi connectivity index (χ0n) is 11.4. The van der Waals surface area contributed by atoms with Gasteiger partial charge in [-0.15, -0.1) is 0 Å². The molecule has 0 spiro atoms. The largest absolute Gasteiger partial charge is 0.396 e. The average molecular weight is 272 g/mol. The SMILES string of the molecule is O=C(NCC1CCCC1CO)c1c[nH]c2ccccc12. The maximum absolute atomic E-state index is 12.3. The molecule has 3 N–H and O–H groups in total. The van der Waals surface area contributed by atoms with Gasteiger partial charge in [0.05, 0.1) is 5.56 Å². The third kappa shape index (κ3) is 2.43. The third-order valence-electron chi connectivity index (χ3n) is 4.41. The highest BCUT2D eigenvalue weighted by molar-refractivity contribution is 6.06. The number of hydrogen-bond acceptors (Lipinski definition) is 2. The van der Waals surface area contributed by atoms with Crippen LogP contribution in [-0.4, -0.2) is 29.1 Å². The molecule has 0 bridgehead atoms. The second-order valence-electron chi connectivity index (χ2n) is 5.59. The van der Waals surface area contributed by atoms with Crippen molar-refractivity contribution in [2.24, 2.45) is 11.8 Å². The van der Waals surface area contributed by atoms with Crippen LogP contribution in [-0.2, 0) is 0 Å². The van der Waals surface area contributed by atoms with Crippen LogP contribution in [0.2, 0.25) is 0 Å². The lowest BCUT2D eigenvalue weighted by atomic mass is 9.97. The molecule has 0 saturated heterocycles. The minimum absolute atomic E-state index is 0.0361. The summed E-state index contributed by atoms with van der Waals surface area (Å²) >= 11 is 0. The minimum atomic E-state index is -0.0361. The number of benzene rings is 1. The van der Waals surface area contributed by atoms with E-state index in [1.165, 1.54) is 0 Å². The van der Waals surface area contributed by atoms with Crippen molar-refractivity contribution in [3.8, 4) is 0 Å². The first-order valence-corrected chi connectivity index (χ1v) is 7.24. The molecule has 0 radical (unpaired) electrons. The molecule has 3 rings (SSSR count). The number of H-pyrrole nitrogens is 1. The van der Waals surface area contributed by atoms with Crippen molar-refractivity contribution >= 4 is 16.8 Å². The van der Waals surface area contributed by atoms with Crippen LogP contribution >= 0.6 is 0 Å². The second kappa shape index (κ2) is 5.67. The number of para-hydroxylation sites is 1. The van der Waals surface area contributed by atoms with Gasteiger partial charge in [-0.05, 0) is 30.7 Å². The van der Waals surface area contributed by atoms with E-state index in [2.05, 4.69) is 10.3 Å². The fraction of sp³-hybridized carbons (Fsp3) is 0.438. The molecule has 1 amide bonds. The summed E-state index contributed by atoms with van der Waals surface area (Å²) < 4.78 is 0. The predicted molar refractivity (Wildman–Crippen MR) is 78.5 cm³/mol. The van der Waals surface area contributed by atoms with Crippen LogP contribution in [0.1, 0.15) is 29.6 Å². The average Bonchev–Trinajstić information content (AvgIpc) is 3.11. The fourth-order valence-corrected chi connectivity index (χ4v) is 3.20. The Hall–Kier alpha value is -1.81. The van der Waals surface area contributed by atoms with E-state index < -0.39 is 0 Å². The summed E-state index contributed by atoms with van der Waals surface area (Å²) in [4.78, 5) is 15.4. The molecule has 2 atom stereocenters. The number of aromatic nitrogens is 1. The van der Waals surface area contributed by atoms with Gasteiger partial charge in [0.15, 0.2) is 0 Å². The van der Waals surface area contributed by atoms with Gasteiger partial charge in [0.1, 0.15) is 0 Å². The van der Waals surface area contributed by atoms with Gasteiger partial charge < -0.3 is 15.4 Å². The van der Waals surface area contributed by atoms with Crippen molar-refractivity contribution in [2.45, 2.75) is 19.3 Å². The number of hydrogen-bond donors (Lipinski definition) is 3. The Morgan fingerprint density at radius 3 is 2.95 bits per heavy atom. The van der Waals surface area contributed by atoms with Crippen LogP contribution in [0, 0.1) is 11.8 Å². The van der Waals surface area contributed by atoms with E-state index in [0.29, 0.717) is 23.9 Å². The van der Waals surface area contributed by atoms with Gasteiger partial charge in [-0.1, -0.05) is 24.6 Å². The molecular weight excluding hydrogens is 252 g/mol. The number of rotatable bonds is 4. The van der Waals surface area contributed by atoms with Crippen molar-refractivity contribution in [1.29, 1.82) is 0 Å². The number of fused-ring (bicyclic) bond motifs is 1. The topological polar surface area (TPSA) is 65.1 Å². The molecule has 4 heteroatoms. The normalized spacial score (nSPS) is 22.2. The summed E-state index contributed by atoms with van der Waals surface area (Å²) in [7, 11) is 0. The van der Waals surface area contributed by atoms with Crippen molar-refractivity contribution in [2.75, 3.05) is 13.2 Å². The van der Waals surface area contributed by atoms with Gasteiger partial charge in [-0.3, -0.25) is 4.79 Å². The number of carbonyl (C=O) groups excluding carboxylic acids is 1. The van der Waals surface area contributed by atoms with Crippen LogP contribution in [0.3, 0.4) is 0 Å². The van der Waals surface area contributed by atoms with Crippen LogP contribution in [0.4, 0.5) is 0 Å². The number of nitrogens with one attached hydrogen (secondary N) is 2. The van der Waals surface area contributed by atoms with Crippen molar-refractivity contribution in [3.05, 3.63) is 36.0 Å². The van der Waals surface area contributed by atoms with Crippen LogP contribution in [0.15, 0.2) is 30.5 Å². The van der Waals surface area contributed by atoms with E-state index in [1.807, 2.05) is 24.3 Å². The number of aliphatic hydroxyl groups is 1. The first-order valence-electron chi connectivity index (χ1n) is 7.24. The number of amides is 1. The molecule has 1 saturated carbocycles. The molecule has 4 nitrogen and oxygen atoms in total. The van der Waals surface area contributed by atoms with Gasteiger partial charge >= 0.3 is 0 Å². The molecule has 1 fully saturated rings. The first-order chi connectivity index (χ1) is 9.79. The fourth-order valence-electron chi connectivity index (χ4n) is 3.20. The van der Waals surface area contributed by atoms with Crippen LogP contribution < -0.4 is 5.32 Å². The Balaban J connectivity index is 1.67. The summed E-state index contributed by atoms with van der Waals surface area (Å²) in [6.07, 6.45) is 5.08. The maximum Gasteiger partial charge on any atom is 0.253 e. The van der Waals surface area contributed by atoms with Crippen molar-refractivity contribution in [1.82, 2.24) is 10.3 Å². The smallest absolute Gasteiger partial charge is 0.253 e. The highest BCUT2D eigenvalue weighted by atomic mass is 16.3. The molecule has 2 aromatic rings. The molecular formula is C16H20N2O2. The zero-order chi connectivity index (χ0) is 13.9. The molecule has 1 heterocycles. The maximum atomic E-state index is 12.3. The number of carbonyl (C=O) groups is 1. The van der Waals surface area contributed by atoms with E-state index in [1.54, 1.807) is 6.20 Å². The lowest BCUT2D eigenvalue weighted by Crippen LogP contribution is -2.31. The summed E-state index contributed by atoms with van der Waals surface area (Å²) in [6, 6.07) is 7.80. The predicted octanol–water partition coefficient (Wildman–Crippen LogP) is 2.31. The van der Waals surface area contributed by atoms with Gasteiger partial charge in [0.2, 0.25) is 0 Å². The molecule has 1 aliphatic carbocycles. The van der Waals surface area contributed by atoms with Gasteiger partial charge in [0.25, 0.3) is 5.91 Å². The number of aromatic amines is 1. The van der Waals surface area contributed by atoms with Crippen LogP contribution in [0.25, 0.3) is 10.9 Å². The highest BCUT2D eigenvalue weighted by Gasteiger charge is 2.27. The minimum Gasteiger partial charge on any atom is -0.396 e.